The third-order valence-corrected chi connectivity index (χ3v) is 5.33. The zero-order valence-electron chi connectivity index (χ0n) is 12.7. The maximum Gasteiger partial charge on any atom is 0.220 e. The molecule has 0 bridgehead atoms. The summed E-state index contributed by atoms with van der Waals surface area (Å²) in [6.45, 7) is 4.56. The predicted molar refractivity (Wildman–Crippen MR) is 87.5 cm³/mol. The van der Waals surface area contributed by atoms with E-state index in [1.54, 1.807) is 11.3 Å². The Balaban J connectivity index is 1.51. The number of fused-ring (bicyclic) bond motifs is 1. The van der Waals surface area contributed by atoms with Crippen molar-refractivity contribution in [1.29, 1.82) is 0 Å². The molecule has 1 heterocycles. The number of hydrogen-bond donors (Lipinski definition) is 1. The average Bonchev–Trinajstić information content (AvgIpc) is 2.99. The molecule has 1 unspecified atom stereocenters. The van der Waals surface area contributed by atoms with Gasteiger partial charge in [0.2, 0.25) is 5.91 Å². The minimum atomic E-state index is 0.164. The van der Waals surface area contributed by atoms with E-state index in [9.17, 15) is 4.79 Å². The molecule has 0 spiro atoms. The second kappa shape index (κ2) is 5.76. The average molecular weight is 302 g/mol. The summed E-state index contributed by atoms with van der Waals surface area (Å²) in [5.41, 5.74) is 1.42. The van der Waals surface area contributed by atoms with Crippen molar-refractivity contribution >= 4 is 27.5 Å². The molecule has 1 aliphatic carbocycles. The van der Waals surface area contributed by atoms with Crippen LogP contribution < -0.4 is 5.32 Å². The molecular formula is C17H22N2OS. The SMILES string of the molecule is CC1(C)CCC(NC(=O)CCc2nc3ccccc3s2)C1. The van der Waals surface area contributed by atoms with Gasteiger partial charge < -0.3 is 5.32 Å². The van der Waals surface area contributed by atoms with Crippen molar-refractivity contribution in [1.82, 2.24) is 10.3 Å². The van der Waals surface area contributed by atoms with Crippen molar-refractivity contribution in [2.45, 2.75) is 52.0 Å². The molecule has 112 valence electrons. The lowest BCUT2D eigenvalue weighted by Gasteiger charge is -2.17. The zero-order chi connectivity index (χ0) is 14.9. The quantitative estimate of drug-likeness (QED) is 0.930. The zero-order valence-corrected chi connectivity index (χ0v) is 13.5. The van der Waals surface area contributed by atoms with Crippen molar-refractivity contribution in [3.05, 3.63) is 29.3 Å². The molecule has 1 aromatic heterocycles. The van der Waals surface area contributed by atoms with Gasteiger partial charge in [-0.2, -0.15) is 0 Å². The number of carbonyl (C=O) groups excluding carboxylic acids is 1. The molecule has 21 heavy (non-hydrogen) atoms. The van der Waals surface area contributed by atoms with E-state index in [2.05, 4.69) is 30.2 Å². The van der Waals surface area contributed by atoms with Gasteiger partial charge in [-0.3, -0.25) is 4.79 Å². The van der Waals surface area contributed by atoms with Gasteiger partial charge in [-0.25, -0.2) is 4.98 Å². The Bertz CT molecular complexity index is 614. The second-order valence-corrected chi connectivity index (χ2v) is 7.86. The highest BCUT2D eigenvalue weighted by atomic mass is 32.1. The number of aryl methyl sites for hydroxylation is 1. The normalized spacial score (nSPS) is 20.8. The van der Waals surface area contributed by atoms with Gasteiger partial charge in [0.05, 0.1) is 15.2 Å². The predicted octanol–water partition coefficient (Wildman–Crippen LogP) is 3.92. The van der Waals surface area contributed by atoms with Crippen molar-refractivity contribution < 1.29 is 4.79 Å². The Hall–Kier alpha value is -1.42. The molecule has 2 aromatic rings. The molecule has 0 aliphatic heterocycles. The highest BCUT2D eigenvalue weighted by molar-refractivity contribution is 7.18. The van der Waals surface area contributed by atoms with Gasteiger partial charge in [-0.15, -0.1) is 11.3 Å². The summed E-state index contributed by atoms with van der Waals surface area (Å²) >= 11 is 1.69. The summed E-state index contributed by atoms with van der Waals surface area (Å²) < 4.78 is 1.20. The Morgan fingerprint density at radius 3 is 2.95 bits per heavy atom. The van der Waals surface area contributed by atoms with Gasteiger partial charge in [0.1, 0.15) is 0 Å². The third kappa shape index (κ3) is 3.62. The van der Waals surface area contributed by atoms with Gasteiger partial charge in [0.15, 0.2) is 0 Å². The van der Waals surface area contributed by atoms with Crippen LogP contribution in [0, 0.1) is 5.41 Å². The van der Waals surface area contributed by atoms with E-state index in [0.29, 0.717) is 17.9 Å². The van der Waals surface area contributed by atoms with Crippen LogP contribution >= 0.6 is 11.3 Å². The van der Waals surface area contributed by atoms with Crippen LogP contribution in [-0.2, 0) is 11.2 Å². The molecule has 3 nitrogen and oxygen atoms in total. The first-order valence-electron chi connectivity index (χ1n) is 7.66. The molecule has 1 aliphatic rings. The first-order valence-corrected chi connectivity index (χ1v) is 8.47. The Kier molecular flexibility index (Phi) is 3.98. The first kappa shape index (κ1) is 14.5. The maximum absolute atomic E-state index is 12.1. The Labute approximate surface area is 129 Å². The number of amides is 1. The van der Waals surface area contributed by atoms with E-state index in [-0.39, 0.29) is 5.91 Å². The van der Waals surface area contributed by atoms with Crippen LogP contribution in [0.15, 0.2) is 24.3 Å². The fourth-order valence-corrected chi connectivity index (χ4v) is 4.07. The molecule has 1 amide bonds. The van der Waals surface area contributed by atoms with Gasteiger partial charge in [0.25, 0.3) is 0 Å². The van der Waals surface area contributed by atoms with Crippen LogP contribution in [0.4, 0.5) is 0 Å². The van der Waals surface area contributed by atoms with E-state index < -0.39 is 0 Å². The standard InChI is InChI=1S/C17H22N2OS/c1-17(2)10-9-12(11-17)18-15(20)7-8-16-19-13-5-3-4-6-14(13)21-16/h3-6,12H,7-11H2,1-2H3,(H,18,20). The molecule has 0 radical (unpaired) electrons. The minimum absolute atomic E-state index is 0.164. The lowest BCUT2D eigenvalue weighted by molar-refractivity contribution is -0.121. The molecule has 4 heteroatoms. The van der Waals surface area contributed by atoms with Crippen molar-refractivity contribution in [3.63, 3.8) is 0 Å². The van der Waals surface area contributed by atoms with E-state index >= 15 is 0 Å². The topological polar surface area (TPSA) is 42.0 Å². The highest BCUT2D eigenvalue weighted by Gasteiger charge is 2.31. The van der Waals surface area contributed by atoms with Crippen LogP contribution in [0.25, 0.3) is 10.2 Å². The molecule has 0 saturated heterocycles. The molecular weight excluding hydrogens is 280 g/mol. The van der Waals surface area contributed by atoms with Gasteiger partial charge in [-0.1, -0.05) is 26.0 Å². The number of thiazole rings is 1. The largest absolute Gasteiger partial charge is 0.353 e. The third-order valence-electron chi connectivity index (χ3n) is 4.24. The Morgan fingerprint density at radius 1 is 1.43 bits per heavy atom. The van der Waals surface area contributed by atoms with E-state index in [1.807, 2.05) is 18.2 Å². The molecule has 1 saturated carbocycles. The highest BCUT2D eigenvalue weighted by Crippen LogP contribution is 2.36. The van der Waals surface area contributed by atoms with Crippen molar-refractivity contribution in [2.75, 3.05) is 0 Å². The van der Waals surface area contributed by atoms with Gasteiger partial charge in [-0.05, 0) is 36.8 Å². The summed E-state index contributed by atoms with van der Waals surface area (Å²) in [6, 6.07) is 8.50. The fourth-order valence-electron chi connectivity index (χ4n) is 3.11. The summed E-state index contributed by atoms with van der Waals surface area (Å²) in [6.07, 6.45) is 4.69. The lowest BCUT2D eigenvalue weighted by Crippen LogP contribution is -2.33. The molecule has 3 rings (SSSR count). The van der Waals surface area contributed by atoms with E-state index in [4.69, 9.17) is 0 Å². The molecule has 1 aromatic carbocycles. The monoisotopic (exact) mass is 302 g/mol. The number of carbonyl (C=O) groups is 1. The number of benzene rings is 1. The number of nitrogens with zero attached hydrogens (tertiary/aromatic N) is 1. The number of nitrogens with one attached hydrogen (secondary N) is 1. The first-order chi connectivity index (χ1) is 10.0. The van der Waals surface area contributed by atoms with Crippen molar-refractivity contribution in [2.24, 2.45) is 5.41 Å². The van der Waals surface area contributed by atoms with Gasteiger partial charge in [0, 0.05) is 18.9 Å². The number of para-hydroxylation sites is 1. The maximum atomic E-state index is 12.1. The number of rotatable bonds is 4. The number of hydrogen-bond acceptors (Lipinski definition) is 3. The van der Waals surface area contributed by atoms with Crippen LogP contribution in [-0.4, -0.2) is 16.9 Å². The Morgan fingerprint density at radius 2 is 2.24 bits per heavy atom. The molecule has 1 fully saturated rings. The molecule has 1 N–H and O–H groups in total. The van der Waals surface area contributed by atoms with Crippen LogP contribution in [0.5, 0.6) is 0 Å². The summed E-state index contributed by atoms with van der Waals surface area (Å²) in [5, 5.41) is 4.23. The second-order valence-electron chi connectivity index (χ2n) is 6.75. The lowest BCUT2D eigenvalue weighted by atomic mass is 9.92. The van der Waals surface area contributed by atoms with Crippen LogP contribution in [0.1, 0.15) is 44.5 Å². The van der Waals surface area contributed by atoms with Crippen LogP contribution in [0.3, 0.4) is 0 Å². The summed E-state index contributed by atoms with van der Waals surface area (Å²) in [7, 11) is 0. The van der Waals surface area contributed by atoms with Crippen LogP contribution in [0.2, 0.25) is 0 Å². The number of aromatic nitrogens is 1. The smallest absolute Gasteiger partial charge is 0.220 e. The fraction of sp³-hybridized carbons (Fsp3) is 0.529. The minimum Gasteiger partial charge on any atom is -0.353 e. The molecule has 1 atom stereocenters. The summed E-state index contributed by atoms with van der Waals surface area (Å²) in [4.78, 5) is 16.6. The van der Waals surface area contributed by atoms with Crippen molar-refractivity contribution in [3.8, 4) is 0 Å². The van der Waals surface area contributed by atoms with E-state index in [1.165, 1.54) is 11.1 Å². The van der Waals surface area contributed by atoms with Gasteiger partial charge >= 0.3 is 0 Å². The summed E-state index contributed by atoms with van der Waals surface area (Å²) in [5.74, 6) is 0.164. The van der Waals surface area contributed by atoms with E-state index in [0.717, 1.165) is 29.8 Å².